The summed E-state index contributed by atoms with van der Waals surface area (Å²) in [6.45, 7) is 18.8. The fourth-order valence-electron chi connectivity index (χ4n) is 8.44. The van der Waals surface area contributed by atoms with E-state index in [-0.39, 0.29) is 16.2 Å². The molecule has 0 unspecified atom stereocenters. The van der Waals surface area contributed by atoms with E-state index in [0.717, 1.165) is 50.7 Å². The molecule has 2 aromatic heterocycles. The summed E-state index contributed by atoms with van der Waals surface area (Å²) in [5.74, 6) is 2.44. The van der Waals surface area contributed by atoms with Crippen molar-refractivity contribution in [2.24, 2.45) is 0 Å². The Labute approximate surface area is 355 Å². The van der Waals surface area contributed by atoms with Crippen molar-refractivity contribution >= 4 is 38.9 Å². The molecule has 300 valence electrons. The number of fused-ring (bicyclic) bond motifs is 3. The first-order valence-corrected chi connectivity index (χ1v) is 21.1. The highest BCUT2D eigenvalue weighted by Crippen LogP contribution is 2.43. The standard InChI is InChI=1S/C55H54N4O/c1-53(2,3)40-22-17-23-43(30-40)57-36-51(38-18-11-9-12-19-38)58(37-57)44-31-42(55(7,8)39-20-13-10-14-21-39)32-46(34-44)60-45-26-27-48-47-24-15-16-25-49(47)59(50(48)35-45)52-33-41(28-29-56-52)54(4,5)6/h9-36H,37H2,1-8H3. The van der Waals surface area contributed by atoms with Crippen molar-refractivity contribution in [2.75, 3.05) is 16.5 Å². The molecule has 8 aromatic rings. The Kier molecular flexibility index (Phi) is 9.66. The molecule has 0 saturated carbocycles. The minimum Gasteiger partial charge on any atom is -0.457 e. The molecule has 0 atom stereocenters. The predicted octanol–water partition coefficient (Wildman–Crippen LogP) is 14.2. The number of hydrogen-bond acceptors (Lipinski definition) is 4. The number of hydrogen-bond donors (Lipinski definition) is 0. The molecule has 0 bridgehead atoms. The van der Waals surface area contributed by atoms with Crippen LogP contribution in [-0.2, 0) is 16.2 Å². The first-order valence-electron chi connectivity index (χ1n) is 21.1. The largest absolute Gasteiger partial charge is 0.457 e. The molecule has 5 heteroatoms. The molecule has 0 aliphatic carbocycles. The molecule has 0 fully saturated rings. The Morgan fingerprint density at radius 2 is 1.15 bits per heavy atom. The summed E-state index contributed by atoms with van der Waals surface area (Å²) in [6.07, 6.45) is 4.22. The number of nitrogens with zero attached hydrogens (tertiary/aromatic N) is 4. The summed E-state index contributed by atoms with van der Waals surface area (Å²) in [6, 6.07) is 56.6. The summed E-state index contributed by atoms with van der Waals surface area (Å²) in [5, 5.41) is 2.34. The van der Waals surface area contributed by atoms with E-state index in [1.165, 1.54) is 33.3 Å². The van der Waals surface area contributed by atoms with Crippen LogP contribution in [0.5, 0.6) is 11.5 Å². The lowest BCUT2D eigenvalue weighted by Gasteiger charge is -2.30. The summed E-state index contributed by atoms with van der Waals surface area (Å²) in [5.41, 5.74) is 11.4. The van der Waals surface area contributed by atoms with E-state index in [4.69, 9.17) is 9.72 Å². The van der Waals surface area contributed by atoms with Gasteiger partial charge in [-0.25, -0.2) is 4.98 Å². The van der Waals surface area contributed by atoms with Crippen molar-refractivity contribution in [1.29, 1.82) is 0 Å². The van der Waals surface area contributed by atoms with Gasteiger partial charge in [-0.3, -0.25) is 4.57 Å². The number of rotatable bonds is 8. The van der Waals surface area contributed by atoms with Crippen molar-refractivity contribution < 1.29 is 4.74 Å². The van der Waals surface area contributed by atoms with Crippen LogP contribution < -0.4 is 14.5 Å². The molecule has 6 aromatic carbocycles. The van der Waals surface area contributed by atoms with Crippen molar-refractivity contribution in [3.05, 3.63) is 198 Å². The van der Waals surface area contributed by atoms with Crippen LogP contribution in [-0.4, -0.2) is 16.2 Å². The van der Waals surface area contributed by atoms with Gasteiger partial charge in [-0.05, 0) is 93.2 Å². The highest BCUT2D eigenvalue weighted by atomic mass is 16.5. The topological polar surface area (TPSA) is 33.5 Å². The molecular formula is C55H54N4O. The van der Waals surface area contributed by atoms with Gasteiger partial charge in [0.2, 0.25) is 0 Å². The van der Waals surface area contributed by atoms with Crippen molar-refractivity contribution in [3.8, 4) is 17.3 Å². The molecular weight excluding hydrogens is 733 g/mol. The smallest absolute Gasteiger partial charge is 0.137 e. The zero-order valence-electron chi connectivity index (χ0n) is 36.1. The predicted molar refractivity (Wildman–Crippen MR) is 252 cm³/mol. The normalized spacial score (nSPS) is 13.6. The Bertz CT molecular complexity index is 2870. The number of pyridine rings is 1. The molecule has 0 spiro atoms. The van der Waals surface area contributed by atoms with Crippen LogP contribution in [0.25, 0.3) is 33.3 Å². The zero-order valence-corrected chi connectivity index (χ0v) is 36.1. The molecule has 1 aliphatic rings. The van der Waals surface area contributed by atoms with E-state index in [2.05, 4.69) is 234 Å². The third kappa shape index (κ3) is 7.34. The quantitative estimate of drug-likeness (QED) is 0.154. The third-order valence-corrected chi connectivity index (χ3v) is 12.1. The van der Waals surface area contributed by atoms with Crippen molar-refractivity contribution in [2.45, 2.75) is 71.6 Å². The van der Waals surface area contributed by atoms with Crippen LogP contribution >= 0.6 is 0 Å². The lowest BCUT2D eigenvalue weighted by atomic mass is 9.78. The molecule has 9 rings (SSSR count). The number of aromatic nitrogens is 2. The second-order valence-electron chi connectivity index (χ2n) is 18.7. The lowest BCUT2D eigenvalue weighted by Crippen LogP contribution is -2.27. The maximum atomic E-state index is 7.04. The van der Waals surface area contributed by atoms with E-state index in [0.29, 0.717) is 6.67 Å². The Morgan fingerprint density at radius 1 is 0.500 bits per heavy atom. The number of benzene rings is 6. The van der Waals surface area contributed by atoms with Gasteiger partial charge in [-0.15, -0.1) is 0 Å². The SMILES string of the molecule is CC(C)(C)c1cccc(N2C=C(c3ccccc3)N(c3cc(Oc4ccc5c6ccccc6n(-c6cc(C(C)(C)C)ccn6)c5c4)cc(C(C)(C)c4ccccc4)c3)C2)c1. The first kappa shape index (κ1) is 38.9. The number of para-hydroxylation sites is 1. The second-order valence-corrected chi connectivity index (χ2v) is 18.7. The fraction of sp³-hybridized carbons (Fsp3) is 0.218. The average Bonchev–Trinajstić information content (AvgIpc) is 3.84. The van der Waals surface area contributed by atoms with Gasteiger partial charge in [0, 0.05) is 52.1 Å². The van der Waals surface area contributed by atoms with Gasteiger partial charge in [0.15, 0.2) is 0 Å². The van der Waals surface area contributed by atoms with E-state index in [1.807, 2.05) is 6.20 Å². The molecule has 0 radical (unpaired) electrons. The van der Waals surface area contributed by atoms with Crippen LogP contribution in [0.4, 0.5) is 11.4 Å². The van der Waals surface area contributed by atoms with Crippen molar-refractivity contribution in [1.82, 2.24) is 9.55 Å². The van der Waals surface area contributed by atoms with Crippen LogP contribution in [0.15, 0.2) is 170 Å². The Balaban J connectivity index is 1.18. The third-order valence-electron chi connectivity index (χ3n) is 12.1. The van der Waals surface area contributed by atoms with Crippen LogP contribution in [0.3, 0.4) is 0 Å². The molecule has 1 aliphatic heterocycles. The Hall–Kier alpha value is -6.59. The lowest BCUT2D eigenvalue weighted by molar-refractivity contribution is 0.480. The highest BCUT2D eigenvalue weighted by Gasteiger charge is 2.30. The van der Waals surface area contributed by atoms with Gasteiger partial charge in [-0.1, -0.05) is 146 Å². The zero-order chi connectivity index (χ0) is 41.8. The van der Waals surface area contributed by atoms with Gasteiger partial charge in [0.25, 0.3) is 0 Å². The molecule has 3 heterocycles. The summed E-state index contributed by atoms with van der Waals surface area (Å²) in [7, 11) is 0. The highest BCUT2D eigenvalue weighted by molar-refractivity contribution is 6.09. The first-order chi connectivity index (χ1) is 28.7. The van der Waals surface area contributed by atoms with Gasteiger partial charge in [0.1, 0.15) is 17.3 Å². The van der Waals surface area contributed by atoms with E-state index >= 15 is 0 Å². The van der Waals surface area contributed by atoms with Gasteiger partial charge in [0.05, 0.1) is 23.4 Å². The maximum absolute atomic E-state index is 7.04. The number of anilines is 2. The summed E-state index contributed by atoms with van der Waals surface area (Å²) >= 11 is 0. The summed E-state index contributed by atoms with van der Waals surface area (Å²) < 4.78 is 9.31. The van der Waals surface area contributed by atoms with Gasteiger partial charge >= 0.3 is 0 Å². The molecule has 60 heavy (non-hydrogen) atoms. The van der Waals surface area contributed by atoms with Gasteiger partial charge in [-0.2, -0.15) is 0 Å². The van der Waals surface area contributed by atoms with Crippen molar-refractivity contribution in [3.63, 3.8) is 0 Å². The average molecular weight is 787 g/mol. The van der Waals surface area contributed by atoms with E-state index < -0.39 is 0 Å². The van der Waals surface area contributed by atoms with E-state index in [1.54, 1.807) is 0 Å². The minimum absolute atomic E-state index is 0.0145. The molecule has 0 N–H and O–H groups in total. The number of ether oxygens (including phenoxy) is 1. The molecule has 0 amide bonds. The maximum Gasteiger partial charge on any atom is 0.137 e. The van der Waals surface area contributed by atoms with Crippen LogP contribution in [0, 0.1) is 0 Å². The second kappa shape index (κ2) is 14.9. The van der Waals surface area contributed by atoms with Gasteiger partial charge < -0.3 is 14.5 Å². The minimum atomic E-state index is -0.313. The fourth-order valence-corrected chi connectivity index (χ4v) is 8.44. The monoisotopic (exact) mass is 786 g/mol. The Morgan fingerprint density at radius 3 is 1.90 bits per heavy atom. The van der Waals surface area contributed by atoms with E-state index in [9.17, 15) is 0 Å². The van der Waals surface area contributed by atoms with Crippen LogP contribution in [0.2, 0.25) is 0 Å². The summed E-state index contributed by atoms with van der Waals surface area (Å²) in [4.78, 5) is 9.70. The molecule has 0 saturated heterocycles. The molecule has 5 nitrogen and oxygen atoms in total. The van der Waals surface area contributed by atoms with Crippen LogP contribution in [0.1, 0.15) is 83.2 Å².